The normalized spacial score (nSPS) is 14.5. The second-order valence-corrected chi connectivity index (χ2v) is 7.30. The molecule has 0 aliphatic heterocycles. The van der Waals surface area contributed by atoms with E-state index in [-0.39, 0.29) is 12.0 Å². The van der Waals surface area contributed by atoms with Crippen LogP contribution < -0.4 is 10.1 Å². The molecule has 26 heavy (non-hydrogen) atoms. The zero-order valence-electron chi connectivity index (χ0n) is 14.3. The number of aromatic amines is 1. The van der Waals surface area contributed by atoms with Crippen LogP contribution in [0.2, 0.25) is 0 Å². The molecular weight excluding hydrogens is 348 g/mol. The fourth-order valence-corrected chi connectivity index (χ4v) is 3.76. The number of ether oxygens (including phenoxy) is 1. The highest BCUT2D eigenvalue weighted by Crippen LogP contribution is 2.24. The van der Waals surface area contributed by atoms with Crippen LogP contribution in [0.15, 0.2) is 41.9 Å². The summed E-state index contributed by atoms with van der Waals surface area (Å²) in [7, 11) is 0. The minimum Gasteiger partial charge on any atom is -0.474 e. The molecule has 0 radical (unpaired) electrons. The highest BCUT2D eigenvalue weighted by molar-refractivity contribution is 7.13. The van der Waals surface area contributed by atoms with Crippen molar-refractivity contribution in [1.29, 1.82) is 0 Å². The lowest BCUT2D eigenvalue weighted by Crippen LogP contribution is -2.23. The van der Waals surface area contributed by atoms with Gasteiger partial charge in [0.2, 0.25) is 5.88 Å². The number of rotatable bonds is 6. The molecule has 3 aromatic heterocycles. The molecule has 3 aromatic rings. The van der Waals surface area contributed by atoms with Crippen LogP contribution in [-0.4, -0.2) is 27.2 Å². The summed E-state index contributed by atoms with van der Waals surface area (Å²) in [5.74, 6) is 0.419. The zero-order valence-corrected chi connectivity index (χ0v) is 15.1. The van der Waals surface area contributed by atoms with Crippen molar-refractivity contribution in [3.8, 4) is 16.5 Å². The maximum absolute atomic E-state index is 12.3. The van der Waals surface area contributed by atoms with Crippen LogP contribution >= 0.6 is 11.3 Å². The molecular formula is C19H20N4O2S. The molecule has 1 fully saturated rings. The minimum atomic E-state index is -0.209. The van der Waals surface area contributed by atoms with Gasteiger partial charge in [-0.15, -0.1) is 11.3 Å². The number of H-pyrrole nitrogens is 1. The van der Waals surface area contributed by atoms with E-state index in [2.05, 4.69) is 20.5 Å². The van der Waals surface area contributed by atoms with Gasteiger partial charge in [-0.25, -0.2) is 4.98 Å². The first-order valence-electron chi connectivity index (χ1n) is 8.77. The van der Waals surface area contributed by atoms with Gasteiger partial charge in [-0.1, -0.05) is 6.07 Å². The van der Waals surface area contributed by atoms with Crippen LogP contribution in [0.3, 0.4) is 0 Å². The summed E-state index contributed by atoms with van der Waals surface area (Å²) >= 11 is 1.60. The molecule has 134 valence electrons. The SMILES string of the molecule is O=C(NCc1ccnc(OC2CCCC2)c1)c1cc(-c2cccs2)[nH]n1. The molecule has 0 aromatic carbocycles. The van der Waals surface area contributed by atoms with Gasteiger partial charge >= 0.3 is 0 Å². The average molecular weight is 368 g/mol. The smallest absolute Gasteiger partial charge is 0.272 e. The molecule has 1 aliphatic rings. The number of nitrogens with one attached hydrogen (secondary N) is 2. The first kappa shape index (κ1) is 16.8. The lowest BCUT2D eigenvalue weighted by Gasteiger charge is -2.12. The van der Waals surface area contributed by atoms with E-state index in [0.29, 0.717) is 18.1 Å². The number of hydrogen-bond donors (Lipinski definition) is 2. The number of carbonyl (C=O) groups excluding carboxylic acids is 1. The van der Waals surface area contributed by atoms with E-state index in [1.54, 1.807) is 23.6 Å². The first-order valence-corrected chi connectivity index (χ1v) is 9.65. The van der Waals surface area contributed by atoms with Crippen LogP contribution in [0, 0.1) is 0 Å². The van der Waals surface area contributed by atoms with Crippen molar-refractivity contribution in [3.63, 3.8) is 0 Å². The Morgan fingerprint density at radius 2 is 2.19 bits per heavy atom. The number of nitrogens with zero attached hydrogens (tertiary/aromatic N) is 2. The molecule has 4 rings (SSSR count). The van der Waals surface area contributed by atoms with Crippen LogP contribution in [0.5, 0.6) is 5.88 Å². The van der Waals surface area contributed by atoms with Crippen LogP contribution in [0.4, 0.5) is 0 Å². The average Bonchev–Trinajstić information content (AvgIpc) is 3.41. The molecule has 0 unspecified atom stereocenters. The summed E-state index contributed by atoms with van der Waals surface area (Å²) < 4.78 is 5.91. The van der Waals surface area contributed by atoms with Gasteiger partial charge < -0.3 is 10.1 Å². The molecule has 0 saturated heterocycles. The number of hydrogen-bond acceptors (Lipinski definition) is 5. The van der Waals surface area contributed by atoms with Crippen LogP contribution in [0.1, 0.15) is 41.7 Å². The largest absolute Gasteiger partial charge is 0.474 e. The molecule has 0 spiro atoms. The Hall–Kier alpha value is -2.67. The second kappa shape index (κ2) is 7.70. The van der Waals surface area contributed by atoms with Gasteiger partial charge in [0.15, 0.2) is 5.69 Å². The molecule has 0 atom stereocenters. The standard InChI is InChI=1S/C19H20N4O2S/c24-19(16-11-15(22-23-16)17-6-3-9-26-17)21-12-13-7-8-20-18(10-13)25-14-4-1-2-5-14/h3,6-11,14H,1-2,4-5,12H2,(H,21,24)(H,22,23). The number of carbonyl (C=O) groups is 1. The van der Waals surface area contributed by atoms with Gasteiger partial charge in [0.25, 0.3) is 5.91 Å². The van der Waals surface area contributed by atoms with Gasteiger partial charge in [0.1, 0.15) is 6.10 Å². The van der Waals surface area contributed by atoms with Crippen molar-refractivity contribution in [2.75, 3.05) is 0 Å². The lowest BCUT2D eigenvalue weighted by atomic mass is 10.2. The maximum atomic E-state index is 12.3. The van der Waals surface area contributed by atoms with E-state index in [9.17, 15) is 4.79 Å². The third kappa shape index (κ3) is 3.94. The zero-order chi connectivity index (χ0) is 17.8. The molecule has 3 heterocycles. The molecule has 0 bridgehead atoms. The highest BCUT2D eigenvalue weighted by atomic mass is 32.1. The number of thiophene rings is 1. The number of pyridine rings is 1. The van der Waals surface area contributed by atoms with Crippen molar-refractivity contribution in [2.24, 2.45) is 0 Å². The predicted octanol–water partition coefficient (Wildman–Crippen LogP) is 3.78. The van der Waals surface area contributed by atoms with Gasteiger partial charge in [-0.3, -0.25) is 9.89 Å². The fraction of sp³-hybridized carbons (Fsp3) is 0.316. The molecule has 2 N–H and O–H groups in total. The Labute approximate surface area is 155 Å². The third-order valence-corrected chi connectivity index (χ3v) is 5.34. The third-order valence-electron chi connectivity index (χ3n) is 4.44. The van der Waals surface area contributed by atoms with Gasteiger partial charge in [0.05, 0.1) is 10.6 Å². The summed E-state index contributed by atoms with van der Waals surface area (Å²) in [5.41, 5.74) is 2.18. The van der Waals surface area contributed by atoms with E-state index in [0.717, 1.165) is 29.0 Å². The minimum absolute atomic E-state index is 0.209. The quantitative estimate of drug-likeness (QED) is 0.694. The predicted molar refractivity (Wildman–Crippen MR) is 100 cm³/mol. The second-order valence-electron chi connectivity index (χ2n) is 6.35. The Morgan fingerprint density at radius 1 is 1.31 bits per heavy atom. The summed E-state index contributed by atoms with van der Waals surface area (Å²) in [6.07, 6.45) is 6.61. The maximum Gasteiger partial charge on any atom is 0.272 e. The Morgan fingerprint density at radius 3 is 3.00 bits per heavy atom. The number of aromatic nitrogens is 3. The monoisotopic (exact) mass is 368 g/mol. The summed E-state index contributed by atoms with van der Waals surface area (Å²) in [4.78, 5) is 17.7. The van der Waals surface area contributed by atoms with Crippen molar-refractivity contribution < 1.29 is 9.53 Å². The van der Waals surface area contributed by atoms with E-state index in [1.807, 2.05) is 29.6 Å². The van der Waals surface area contributed by atoms with E-state index in [1.165, 1.54) is 12.8 Å². The Bertz CT molecular complexity index is 869. The van der Waals surface area contributed by atoms with Gasteiger partial charge in [-0.05, 0) is 54.8 Å². The topological polar surface area (TPSA) is 79.9 Å². The summed E-state index contributed by atoms with van der Waals surface area (Å²) in [6, 6.07) is 9.49. The van der Waals surface area contributed by atoms with Crippen molar-refractivity contribution in [1.82, 2.24) is 20.5 Å². The van der Waals surface area contributed by atoms with Crippen molar-refractivity contribution in [3.05, 3.63) is 53.2 Å². The van der Waals surface area contributed by atoms with E-state index >= 15 is 0 Å². The van der Waals surface area contributed by atoms with Crippen LogP contribution in [0.25, 0.3) is 10.6 Å². The number of amides is 1. The molecule has 1 aliphatic carbocycles. The molecule has 1 saturated carbocycles. The fourth-order valence-electron chi connectivity index (χ4n) is 3.07. The lowest BCUT2D eigenvalue weighted by molar-refractivity contribution is 0.0945. The van der Waals surface area contributed by atoms with Gasteiger partial charge in [0, 0.05) is 18.8 Å². The highest BCUT2D eigenvalue weighted by Gasteiger charge is 2.17. The van der Waals surface area contributed by atoms with Crippen molar-refractivity contribution in [2.45, 2.75) is 38.3 Å². The first-order chi connectivity index (χ1) is 12.8. The van der Waals surface area contributed by atoms with E-state index < -0.39 is 0 Å². The Balaban J connectivity index is 1.35. The molecule has 1 amide bonds. The van der Waals surface area contributed by atoms with Gasteiger partial charge in [-0.2, -0.15) is 5.10 Å². The Kier molecular flexibility index (Phi) is 4.97. The van der Waals surface area contributed by atoms with E-state index in [4.69, 9.17) is 4.74 Å². The van der Waals surface area contributed by atoms with Crippen molar-refractivity contribution >= 4 is 17.2 Å². The summed E-state index contributed by atoms with van der Waals surface area (Å²) in [6.45, 7) is 0.406. The summed E-state index contributed by atoms with van der Waals surface area (Å²) in [5, 5.41) is 11.9. The molecule has 7 heteroatoms. The van der Waals surface area contributed by atoms with Crippen LogP contribution in [-0.2, 0) is 6.54 Å². The molecule has 6 nitrogen and oxygen atoms in total.